The molecule has 0 atom stereocenters. The Kier molecular flexibility index (Phi) is 3.49. The first-order chi connectivity index (χ1) is 6.60. The van der Waals surface area contributed by atoms with Gasteiger partial charge in [0.05, 0.1) is 5.56 Å². The van der Waals surface area contributed by atoms with E-state index < -0.39 is 12.1 Å². The van der Waals surface area contributed by atoms with Crippen LogP contribution in [0.4, 0.5) is 8.78 Å². The second kappa shape index (κ2) is 4.43. The Morgan fingerprint density at radius 1 is 1.64 bits per heavy atom. The quantitative estimate of drug-likeness (QED) is 0.626. The molecule has 1 heterocycles. The highest BCUT2D eigenvalue weighted by atomic mass is 35.5. The van der Waals surface area contributed by atoms with Crippen LogP contribution in [0.2, 0.25) is 5.15 Å². The van der Waals surface area contributed by atoms with Gasteiger partial charge in [0.2, 0.25) is 0 Å². The van der Waals surface area contributed by atoms with Gasteiger partial charge >= 0.3 is 0 Å². The topological polar surface area (TPSA) is 56.0 Å². The van der Waals surface area contributed by atoms with E-state index in [4.69, 9.17) is 17.3 Å². The lowest BCUT2D eigenvalue weighted by molar-refractivity contribution is 0.112. The van der Waals surface area contributed by atoms with Crippen LogP contribution in [0.15, 0.2) is 6.07 Å². The standard InChI is InChI=1S/C8H7ClF2N2O/c9-7-5(3-14)1-4(2-12)6(13-7)8(10)11/h1,3,8H,2,12H2. The lowest BCUT2D eigenvalue weighted by Gasteiger charge is -2.07. The van der Waals surface area contributed by atoms with Crippen molar-refractivity contribution in [3.63, 3.8) is 0 Å². The summed E-state index contributed by atoms with van der Waals surface area (Å²) in [5.74, 6) is 0. The molecule has 76 valence electrons. The van der Waals surface area contributed by atoms with Gasteiger partial charge in [0.25, 0.3) is 6.43 Å². The number of alkyl halides is 2. The molecular formula is C8H7ClF2N2O. The summed E-state index contributed by atoms with van der Waals surface area (Å²) in [6.07, 6.45) is -2.30. The molecule has 0 amide bonds. The van der Waals surface area contributed by atoms with Crippen molar-refractivity contribution in [1.82, 2.24) is 4.98 Å². The van der Waals surface area contributed by atoms with Gasteiger partial charge < -0.3 is 5.73 Å². The lowest BCUT2D eigenvalue weighted by Crippen LogP contribution is -2.06. The van der Waals surface area contributed by atoms with Crippen LogP contribution in [-0.4, -0.2) is 11.3 Å². The Balaban J connectivity index is 3.31. The first-order valence-corrected chi connectivity index (χ1v) is 4.10. The van der Waals surface area contributed by atoms with E-state index in [1.54, 1.807) is 0 Å². The third-order valence-electron chi connectivity index (χ3n) is 1.67. The Morgan fingerprint density at radius 2 is 2.29 bits per heavy atom. The molecule has 6 heteroatoms. The molecule has 1 rings (SSSR count). The summed E-state index contributed by atoms with van der Waals surface area (Å²) < 4.78 is 24.7. The molecule has 0 aliphatic rings. The highest BCUT2D eigenvalue weighted by Crippen LogP contribution is 2.24. The summed E-state index contributed by atoms with van der Waals surface area (Å²) in [6, 6.07) is 1.23. The Morgan fingerprint density at radius 3 is 2.71 bits per heavy atom. The number of rotatable bonds is 3. The molecule has 1 aromatic heterocycles. The smallest absolute Gasteiger partial charge is 0.280 e. The zero-order valence-corrected chi connectivity index (χ0v) is 7.76. The Bertz CT molecular complexity index is 357. The van der Waals surface area contributed by atoms with E-state index in [1.165, 1.54) is 6.07 Å². The molecular weight excluding hydrogens is 214 g/mol. The molecule has 0 bridgehead atoms. The van der Waals surface area contributed by atoms with Crippen molar-refractivity contribution < 1.29 is 13.6 Å². The van der Waals surface area contributed by atoms with Gasteiger partial charge in [0, 0.05) is 6.54 Å². The highest BCUT2D eigenvalue weighted by Gasteiger charge is 2.16. The molecule has 2 N–H and O–H groups in total. The number of nitrogens with zero attached hydrogens (tertiary/aromatic N) is 1. The van der Waals surface area contributed by atoms with E-state index in [-0.39, 0.29) is 22.8 Å². The first-order valence-electron chi connectivity index (χ1n) is 3.72. The molecule has 0 saturated carbocycles. The van der Waals surface area contributed by atoms with Crippen LogP contribution in [0.3, 0.4) is 0 Å². The van der Waals surface area contributed by atoms with Gasteiger partial charge in [-0.2, -0.15) is 0 Å². The summed E-state index contributed by atoms with van der Waals surface area (Å²) in [5.41, 5.74) is 4.96. The number of pyridine rings is 1. The molecule has 3 nitrogen and oxygen atoms in total. The van der Waals surface area contributed by atoms with E-state index in [9.17, 15) is 13.6 Å². The zero-order valence-electron chi connectivity index (χ0n) is 7.01. The van der Waals surface area contributed by atoms with Crippen LogP contribution >= 0.6 is 11.6 Å². The molecule has 1 aromatic rings. The maximum atomic E-state index is 12.4. The lowest BCUT2D eigenvalue weighted by atomic mass is 10.1. The van der Waals surface area contributed by atoms with Crippen molar-refractivity contribution >= 4 is 17.9 Å². The number of carbonyl (C=O) groups is 1. The van der Waals surface area contributed by atoms with Crippen LogP contribution < -0.4 is 5.73 Å². The molecule has 0 aliphatic carbocycles. The fraction of sp³-hybridized carbons (Fsp3) is 0.250. The zero-order chi connectivity index (χ0) is 10.7. The van der Waals surface area contributed by atoms with Crippen LogP contribution in [0, 0.1) is 0 Å². The number of nitrogens with two attached hydrogens (primary N) is 1. The number of hydrogen-bond donors (Lipinski definition) is 1. The van der Waals surface area contributed by atoms with Crippen molar-refractivity contribution in [2.45, 2.75) is 13.0 Å². The monoisotopic (exact) mass is 220 g/mol. The largest absolute Gasteiger partial charge is 0.326 e. The molecule has 0 spiro atoms. The number of hydrogen-bond acceptors (Lipinski definition) is 3. The number of aldehydes is 1. The Labute approximate surface area is 83.9 Å². The normalized spacial score (nSPS) is 10.6. The predicted octanol–water partition coefficient (Wildman–Crippen LogP) is 1.94. The van der Waals surface area contributed by atoms with Gasteiger partial charge in [-0.3, -0.25) is 4.79 Å². The van der Waals surface area contributed by atoms with Crippen molar-refractivity contribution in [3.8, 4) is 0 Å². The molecule has 0 saturated heterocycles. The van der Waals surface area contributed by atoms with Crippen LogP contribution in [0.25, 0.3) is 0 Å². The van der Waals surface area contributed by atoms with Gasteiger partial charge in [-0.05, 0) is 11.6 Å². The van der Waals surface area contributed by atoms with E-state index in [0.717, 1.165) is 0 Å². The number of aromatic nitrogens is 1. The third kappa shape index (κ3) is 2.05. The maximum Gasteiger partial charge on any atom is 0.280 e. The average Bonchev–Trinajstić information content (AvgIpc) is 2.17. The van der Waals surface area contributed by atoms with Gasteiger partial charge in [-0.15, -0.1) is 0 Å². The first kappa shape index (κ1) is 11.0. The minimum atomic E-state index is -2.74. The SMILES string of the molecule is NCc1cc(C=O)c(Cl)nc1C(F)F. The summed E-state index contributed by atoms with van der Waals surface area (Å²) >= 11 is 5.49. The molecule has 14 heavy (non-hydrogen) atoms. The maximum absolute atomic E-state index is 12.4. The fourth-order valence-corrected chi connectivity index (χ4v) is 1.19. The van der Waals surface area contributed by atoms with E-state index in [2.05, 4.69) is 4.98 Å². The van der Waals surface area contributed by atoms with Crippen molar-refractivity contribution in [2.75, 3.05) is 0 Å². The number of halogens is 3. The second-order valence-electron chi connectivity index (χ2n) is 2.54. The molecule has 0 radical (unpaired) electrons. The number of carbonyl (C=O) groups excluding carboxylic acids is 1. The van der Waals surface area contributed by atoms with Crippen LogP contribution in [0.1, 0.15) is 28.0 Å². The summed E-state index contributed by atoms with van der Waals surface area (Å²) in [4.78, 5) is 13.8. The molecule has 0 fully saturated rings. The molecule has 0 aromatic carbocycles. The van der Waals surface area contributed by atoms with E-state index in [0.29, 0.717) is 6.29 Å². The fourth-order valence-electron chi connectivity index (χ4n) is 0.998. The summed E-state index contributed by atoms with van der Waals surface area (Å²) in [7, 11) is 0. The van der Waals surface area contributed by atoms with Gasteiger partial charge in [0.15, 0.2) is 6.29 Å². The average molecular weight is 221 g/mol. The van der Waals surface area contributed by atoms with E-state index >= 15 is 0 Å². The van der Waals surface area contributed by atoms with Crippen LogP contribution in [0.5, 0.6) is 0 Å². The minimum Gasteiger partial charge on any atom is -0.326 e. The molecule has 0 unspecified atom stereocenters. The van der Waals surface area contributed by atoms with E-state index in [1.807, 2.05) is 0 Å². The van der Waals surface area contributed by atoms with Crippen molar-refractivity contribution in [1.29, 1.82) is 0 Å². The highest BCUT2D eigenvalue weighted by molar-refractivity contribution is 6.31. The van der Waals surface area contributed by atoms with Gasteiger partial charge in [-0.1, -0.05) is 11.6 Å². The van der Waals surface area contributed by atoms with Gasteiger partial charge in [0.1, 0.15) is 10.8 Å². The van der Waals surface area contributed by atoms with Crippen LogP contribution in [-0.2, 0) is 6.54 Å². The van der Waals surface area contributed by atoms with Crippen molar-refractivity contribution in [2.24, 2.45) is 5.73 Å². The second-order valence-corrected chi connectivity index (χ2v) is 2.89. The molecule has 0 aliphatic heterocycles. The minimum absolute atomic E-state index is 0.0662. The summed E-state index contributed by atoms with van der Waals surface area (Å²) in [6.45, 7) is -0.106. The predicted molar refractivity (Wildman–Crippen MR) is 47.5 cm³/mol. The Hall–Kier alpha value is -1.07. The third-order valence-corrected chi connectivity index (χ3v) is 1.97. The van der Waals surface area contributed by atoms with Crippen molar-refractivity contribution in [3.05, 3.63) is 28.0 Å². The summed E-state index contributed by atoms with van der Waals surface area (Å²) in [5, 5.41) is -0.229. The van der Waals surface area contributed by atoms with Gasteiger partial charge in [-0.25, -0.2) is 13.8 Å².